The van der Waals surface area contributed by atoms with E-state index in [4.69, 9.17) is 5.73 Å². The van der Waals surface area contributed by atoms with Gasteiger partial charge in [0, 0.05) is 6.54 Å². The van der Waals surface area contributed by atoms with Crippen molar-refractivity contribution in [1.82, 2.24) is 5.32 Å². The highest BCUT2D eigenvalue weighted by Crippen LogP contribution is 2.29. The zero-order chi connectivity index (χ0) is 13.0. The first kappa shape index (κ1) is 13.1. The third-order valence-electron chi connectivity index (χ3n) is 3.81. The highest BCUT2D eigenvalue weighted by molar-refractivity contribution is 5.82. The molecule has 0 bridgehead atoms. The summed E-state index contributed by atoms with van der Waals surface area (Å²) in [5, 5.41) is 2.98. The van der Waals surface area contributed by atoms with Gasteiger partial charge in [-0.15, -0.1) is 0 Å². The molecule has 1 amide bonds. The van der Waals surface area contributed by atoms with E-state index in [1.54, 1.807) is 0 Å². The maximum Gasteiger partial charge on any atom is 0.241 e. The van der Waals surface area contributed by atoms with Gasteiger partial charge in [-0.05, 0) is 30.2 Å². The van der Waals surface area contributed by atoms with E-state index in [1.807, 2.05) is 30.3 Å². The lowest BCUT2D eigenvalue weighted by atomic mass is 10.0. The smallest absolute Gasteiger partial charge is 0.241 e. The minimum Gasteiger partial charge on any atom is -0.354 e. The molecule has 0 radical (unpaired) electrons. The summed E-state index contributed by atoms with van der Waals surface area (Å²) in [6.45, 7) is 3.04. The Bertz CT molecular complexity index is 391. The van der Waals surface area contributed by atoms with Gasteiger partial charge in [-0.3, -0.25) is 4.79 Å². The number of nitrogens with two attached hydrogens (primary N) is 1. The molecule has 98 valence electrons. The lowest BCUT2D eigenvalue weighted by Gasteiger charge is -2.15. The highest BCUT2D eigenvalue weighted by atomic mass is 16.2. The maximum atomic E-state index is 11.9. The Balaban J connectivity index is 1.81. The molecule has 0 heterocycles. The van der Waals surface area contributed by atoms with Crippen LogP contribution in [0.25, 0.3) is 0 Å². The van der Waals surface area contributed by atoms with Gasteiger partial charge >= 0.3 is 0 Å². The van der Waals surface area contributed by atoms with E-state index in [0.717, 1.165) is 18.0 Å². The molecule has 0 saturated heterocycles. The number of rotatable bonds is 4. The molecule has 3 N–H and O–H groups in total. The molecule has 0 aromatic heterocycles. The first-order chi connectivity index (χ1) is 8.66. The van der Waals surface area contributed by atoms with Crippen LogP contribution in [-0.4, -0.2) is 12.5 Å². The van der Waals surface area contributed by atoms with Gasteiger partial charge in [0.15, 0.2) is 0 Å². The van der Waals surface area contributed by atoms with Crippen LogP contribution in [0.2, 0.25) is 0 Å². The van der Waals surface area contributed by atoms with Crippen LogP contribution in [-0.2, 0) is 4.79 Å². The van der Waals surface area contributed by atoms with Gasteiger partial charge in [-0.2, -0.15) is 0 Å². The van der Waals surface area contributed by atoms with Crippen LogP contribution in [0.5, 0.6) is 0 Å². The van der Waals surface area contributed by atoms with Gasteiger partial charge in [0.05, 0.1) is 0 Å². The first-order valence-electron chi connectivity index (χ1n) is 6.75. The summed E-state index contributed by atoms with van der Waals surface area (Å²) in [5.74, 6) is 1.36. The van der Waals surface area contributed by atoms with E-state index >= 15 is 0 Å². The minimum absolute atomic E-state index is 0.0687. The number of hydrogen-bond donors (Lipinski definition) is 2. The second-order valence-electron chi connectivity index (χ2n) is 5.42. The van der Waals surface area contributed by atoms with Crippen LogP contribution < -0.4 is 11.1 Å². The van der Waals surface area contributed by atoms with Crippen LogP contribution in [0, 0.1) is 11.8 Å². The second-order valence-corrected chi connectivity index (χ2v) is 5.42. The maximum absolute atomic E-state index is 11.9. The normalized spacial score (nSPS) is 24.8. The molecule has 1 aliphatic carbocycles. The molecule has 2 rings (SSSR count). The molecule has 18 heavy (non-hydrogen) atoms. The summed E-state index contributed by atoms with van der Waals surface area (Å²) in [6, 6.07) is 8.96. The number of carbonyl (C=O) groups excluding carboxylic acids is 1. The molecular weight excluding hydrogens is 224 g/mol. The third-order valence-corrected chi connectivity index (χ3v) is 3.81. The average Bonchev–Trinajstić information content (AvgIpc) is 2.82. The predicted octanol–water partition coefficient (Wildman–Crippen LogP) is 2.24. The summed E-state index contributed by atoms with van der Waals surface area (Å²) >= 11 is 0. The van der Waals surface area contributed by atoms with Gasteiger partial charge in [-0.1, -0.05) is 43.7 Å². The number of carbonyl (C=O) groups is 1. The second kappa shape index (κ2) is 6.01. The Morgan fingerprint density at radius 3 is 2.72 bits per heavy atom. The van der Waals surface area contributed by atoms with Crippen molar-refractivity contribution in [3.8, 4) is 0 Å². The number of amides is 1. The zero-order valence-electron chi connectivity index (χ0n) is 10.9. The minimum atomic E-state index is -0.551. The van der Waals surface area contributed by atoms with Gasteiger partial charge in [0.2, 0.25) is 5.91 Å². The van der Waals surface area contributed by atoms with Crippen molar-refractivity contribution in [2.24, 2.45) is 17.6 Å². The molecule has 1 aromatic rings. The molecule has 3 heteroatoms. The lowest BCUT2D eigenvalue weighted by Crippen LogP contribution is -2.36. The van der Waals surface area contributed by atoms with Crippen molar-refractivity contribution in [1.29, 1.82) is 0 Å². The van der Waals surface area contributed by atoms with E-state index in [2.05, 4.69) is 12.2 Å². The summed E-state index contributed by atoms with van der Waals surface area (Å²) in [6.07, 6.45) is 3.73. The van der Waals surface area contributed by atoms with E-state index in [1.165, 1.54) is 19.3 Å². The molecule has 3 atom stereocenters. The fraction of sp³-hybridized carbons (Fsp3) is 0.533. The molecule has 1 fully saturated rings. The fourth-order valence-electron chi connectivity index (χ4n) is 2.68. The molecule has 1 saturated carbocycles. The summed E-state index contributed by atoms with van der Waals surface area (Å²) in [7, 11) is 0. The van der Waals surface area contributed by atoms with Crippen LogP contribution in [0.3, 0.4) is 0 Å². The number of nitrogens with one attached hydrogen (secondary N) is 1. The molecule has 1 aliphatic rings. The van der Waals surface area contributed by atoms with Gasteiger partial charge in [-0.25, -0.2) is 0 Å². The molecule has 1 aromatic carbocycles. The Kier molecular flexibility index (Phi) is 4.37. The Morgan fingerprint density at radius 1 is 1.39 bits per heavy atom. The zero-order valence-corrected chi connectivity index (χ0v) is 10.9. The monoisotopic (exact) mass is 246 g/mol. The standard InChI is InChI=1S/C15H22N2O/c1-11-7-8-12(9-11)10-17-15(18)14(16)13-5-3-2-4-6-13/h2-6,11-12,14H,7-10,16H2,1H3,(H,17,18)/t11?,12?,14-/m0/s1. The van der Waals surface area contributed by atoms with Crippen molar-refractivity contribution in [2.45, 2.75) is 32.2 Å². The first-order valence-corrected chi connectivity index (χ1v) is 6.75. The third kappa shape index (κ3) is 3.33. The highest BCUT2D eigenvalue weighted by Gasteiger charge is 2.23. The van der Waals surface area contributed by atoms with Gasteiger partial charge < -0.3 is 11.1 Å². The SMILES string of the molecule is CC1CCC(CNC(=O)[C@@H](N)c2ccccc2)C1. The van der Waals surface area contributed by atoms with E-state index in [0.29, 0.717) is 5.92 Å². The van der Waals surface area contributed by atoms with Crippen molar-refractivity contribution in [3.05, 3.63) is 35.9 Å². The van der Waals surface area contributed by atoms with E-state index < -0.39 is 6.04 Å². The lowest BCUT2D eigenvalue weighted by molar-refractivity contribution is -0.122. The number of hydrogen-bond acceptors (Lipinski definition) is 2. The van der Waals surface area contributed by atoms with Gasteiger partial charge in [0.1, 0.15) is 6.04 Å². The van der Waals surface area contributed by atoms with Crippen molar-refractivity contribution in [2.75, 3.05) is 6.54 Å². The van der Waals surface area contributed by atoms with Crippen molar-refractivity contribution < 1.29 is 4.79 Å². The Morgan fingerprint density at radius 2 is 2.11 bits per heavy atom. The Hall–Kier alpha value is -1.35. The van der Waals surface area contributed by atoms with Crippen molar-refractivity contribution >= 4 is 5.91 Å². The summed E-state index contributed by atoms with van der Waals surface area (Å²) in [4.78, 5) is 11.9. The quantitative estimate of drug-likeness (QED) is 0.856. The Labute approximate surface area is 109 Å². The van der Waals surface area contributed by atoms with Gasteiger partial charge in [0.25, 0.3) is 0 Å². The molecule has 2 unspecified atom stereocenters. The molecule has 3 nitrogen and oxygen atoms in total. The molecular formula is C15H22N2O. The topological polar surface area (TPSA) is 55.1 Å². The van der Waals surface area contributed by atoms with Crippen molar-refractivity contribution in [3.63, 3.8) is 0 Å². The largest absolute Gasteiger partial charge is 0.354 e. The summed E-state index contributed by atoms with van der Waals surface area (Å²) < 4.78 is 0. The van der Waals surface area contributed by atoms with E-state index in [9.17, 15) is 4.79 Å². The van der Waals surface area contributed by atoms with E-state index in [-0.39, 0.29) is 5.91 Å². The average molecular weight is 246 g/mol. The fourth-order valence-corrected chi connectivity index (χ4v) is 2.68. The predicted molar refractivity (Wildman–Crippen MR) is 72.9 cm³/mol. The summed E-state index contributed by atoms with van der Waals surface area (Å²) in [5.41, 5.74) is 6.81. The molecule has 0 aliphatic heterocycles. The van der Waals surface area contributed by atoms with Crippen LogP contribution >= 0.6 is 0 Å². The molecule has 0 spiro atoms. The van der Waals surface area contributed by atoms with Crippen LogP contribution in [0.15, 0.2) is 30.3 Å². The van der Waals surface area contributed by atoms with Crippen LogP contribution in [0.1, 0.15) is 37.8 Å². The number of benzene rings is 1. The van der Waals surface area contributed by atoms with Crippen LogP contribution in [0.4, 0.5) is 0 Å².